The maximum Gasteiger partial charge on any atom is 0.253 e. The van der Waals surface area contributed by atoms with Crippen LogP contribution >= 0.6 is 22.6 Å². The van der Waals surface area contributed by atoms with Crippen LogP contribution in [0.25, 0.3) is 0 Å². The van der Waals surface area contributed by atoms with Crippen molar-refractivity contribution in [2.24, 2.45) is 0 Å². The molecule has 0 aliphatic carbocycles. The van der Waals surface area contributed by atoms with Gasteiger partial charge in [0.1, 0.15) is 5.75 Å². The molecule has 2 aromatic rings. The molecule has 0 aliphatic heterocycles. The summed E-state index contributed by atoms with van der Waals surface area (Å²) in [5.74, 6) is 1.96. The number of hydrogen-bond donors (Lipinski definition) is 0. The third-order valence-corrected chi connectivity index (χ3v) is 2.64. The zero-order valence-corrected chi connectivity index (χ0v) is 11.0. The fourth-order valence-corrected chi connectivity index (χ4v) is 1.71. The van der Waals surface area contributed by atoms with Gasteiger partial charge in [-0.05, 0) is 40.8 Å². The number of aryl methyl sites for hydroxylation is 1. The minimum Gasteiger partial charge on any atom is -0.484 e. The van der Waals surface area contributed by atoms with Crippen LogP contribution in [-0.2, 0) is 13.0 Å². The molecule has 0 aliphatic rings. The lowest BCUT2D eigenvalue weighted by molar-refractivity contribution is 0.259. The summed E-state index contributed by atoms with van der Waals surface area (Å²) in [4.78, 5) is 0. The van der Waals surface area contributed by atoms with Crippen LogP contribution in [0.15, 0.2) is 28.7 Å². The summed E-state index contributed by atoms with van der Waals surface area (Å²) in [5, 5.41) is 7.75. The summed E-state index contributed by atoms with van der Waals surface area (Å²) in [7, 11) is 0. The molecule has 1 aromatic heterocycles. The Morgan fingerprint density at radius 3 is 2.81 bits per heavy atom. The summed E-state index contributed by atoms with van der Waals surface area (Å²) in [5.41, 5.74) is 0. The van der Waals surface area contributed by atoms with E-state index in [2.05, 4.69) is 32.8 Å². The van der Waals surface area contributed by atoms with E-state index in [0.717, 1.165) is 15.7 Å². The first-order valence-corrected chi connectivity index (χ1v) is 6.05. The third-order valence-electron chi connectivity index (χ3n) is 1.97. The predicted octanol–water partition coefficient (Wildman–Crippen LogP) is 2.82. The fourth-order valence-electron chi connectivity index (χ4n) is 1.19. The normalized spacial score (nSPS) is 10.4. The number of nitrogens with zero attached hydrogens (tertiary/aromatic N) is 2. The highest BCUT2D eigenvalue weighted by Crippen LogP contribution is 2.16. The van der Waals surface area contributed by atoms with E-state index in [4.69, 9.17) is 9.15 Å². The van der Waals surface area contributed by atoms with Crippen molar-refractivity contribution in [1.29, 1.82) is 0 Å². The molecule has 5 heteroatoms. The highest BCUT2D eigenvalue weighted by Gasteiger charge is 2.04. The molecule has 16 heavy (non-hydrogen) atoms. The Hall–Kier alpha value is -1.11. The van der Waals surface area contributed by atoms with E-state index in [0.29, 0.717) is 18.4 Å². The van der Waals surface area contributed by atoms with Crippen LogP contribution in [0.3, 0.4) is 0 Å². The van der Waals surface area contributed by atoms with Crippen LogP contribution in [0, 0.1) is 3.57 Å². The lowest BCUT2D eigenvalue weighted by atomic mass is 10.3. The van der Waals surface area contributed by atoms with Crippen molar-refractivity contribution in [2.75, 3.05) is 0 Å². The Morgan fingerprint density at radius 2 is 2.12 bits per heavy atom. The van der Waals surface area contributed by atoms with Gasteiger partial charge in [0.05, 0.1) is 0 Å². The molecule has 0 atom stereocenters. The molecule has 4 nitrogen and oxygen atoms in total. The van der Waals surface area contributed by atoms with Crippen LogP contribution in [0.4, 0.5) is 0 Å². The van der Waals surface area contributed by atoms with Gasteiger partial charge in [0.2, 0.25) is 5.89 Å². The van der Waals surface area contributed by atoms with Gasteiger partial charge >= 0.3 is 0 Å². The molecule has 0 fully saturated rings. The Balaban J connectivity index is 1.96. The van der Waals surface area contributed by atoms with Crippen LogP contribution in [-0.4, -0.2) is 10.2 Å². The zero-order chi connectivity index (χ0) is 11.4. The number of rotatable bonds is 4. The van der Waals surface area contributed by atoms with Crippen molar-refractivity contribution in [2.45, 2.75) is 20.0 Å². The standard InChI is InChI=1S/C11H11IN2O2/c1-2-10-13-14-11(16-10)7-15-9-5-3-4-8(12)6-9/h3-6H,2,7H2,1H3. The maximum atomic E-state index is 5.53. The van der Waals surface area contributed by atoms with Gasteiger partial charge in [-0.3, -0.25) is 0 Å². The van der Waals surface area contributed by atoms with Gasteiger partial charge in [0.25, 0.3) is 5.89 Å². The molecular weight excluding hydrogens is 319 g/mol. The average molecular weight is 330 g/mol. The Bertz CT molecular complexity index is 471. The smallest absolute Gasteiger partial charge is 0.253 e. The Labute approximate surface area is 107 Å². The molecule has 0 spiro atoms. The molecule has 0 N–H and O–H groups in total. The molecule has 2 rings (SSSR count). The molecule has 1 heterocycles. The average Bonchev–Trinajstić information content (AvgIpc) is 2.74. The van der Waals surface area contributed by atoms with Gasteiger partial charge in [-0.15, -0.1) is 10.2 Å². The molecule has 0 unspecified atom stereocenters. The van der Waals surface area contributed by atoms with E-state index >= 15 is 0 Å². The molecule has 0 saturated carbocycles. The molecule has 0 bridgehead atoms. The second kappa shape index (κ2) is 5.29. The molecule has 1 aromatic carbocycles. The quantitative estimate of drug-likeness (QED) is 0.809. The fraction of sp³-hybridized carbons (Fsp3) is 0.273. The number of ether oxygens (including phenoxy) is 1. The van der Waals surface area contributed by atoms with Crippen LogP contribution < -0.4 is 4.74 Å². The lowest BCUT2D eigenvalue weighted by Gasteiger charge is -2.02. The SMILES string of the molecule is CCc1nnc(COc2cccc(I)c2)o1. The molecule has 0 amide bonds. The summed E-state index contributed by atoms with van der Waals surface area (Å²) in [6, 6.07) is 7.81. The first-order valence-electron chi connectivity index (χ1n) is 4.97. The van der Waals surface area contributed by atoms with Gasteiger partial charge in [-0.1, -0.05) is 13.0 Å². The minimum atomic E-state index is 0.313. The third kappa shape index (κ3) is 2.94. The van der Waals surface area contributed by atoms with Crippen molar-refractivity contribution >= 4 is 22.6 Å². The van der Waals surface area contributed by atoms with E-state index in [-0.39, 0.29) is 0 Å². The van der Waals surface area contributed by atoms with Gasteiger partial charge in [-0.25, -0.2) is 0 Å². The maximum absolute atomic E-state index is 5.53. The second-order valence-electron chi connectivity index (χ2n) is 3.19. The monoisotopic (exact) mass is 330 g/mol. The Morgan fingerprint density at radius 1 is 1.31 bits per heavy atom. The van der Waals surface area contributed by atoms with Gasteiger partial charge in [0.15, 0.2) is 6.61 Å². The second-order valence-corrected chi connectivity index (χ2v) is 4.43. The number of hydrogen-bond acceptors (Lipinski definition) is 4. The van der Waals surface area contributed by atoms with Crippen LogP contribution in [0.5, 0.6) is 5.75 Å². The van der Waals surface area contributed by atoms with Crippen molar-refractivity contribution in [3.63, 3.8) is 0 Å². The van der Waals surface area contributed by atoms with E-state index in [1.807, 2.05) is 31.2 Å². The summed E-state index contributed by atoms with van der Waals surface area (Å²) in [6.07, 6.45) is 0.746. The molecule has 84 valence electrons. The first kappa shape index (κ1) is 11.4. The van der Waals surface area contributed by atoms with Gasteiger partial charge < -0.3 is 9.15 Å². The number of benzene rings is 1. The minimum absolute atomic E-state index is 0.313. The topological polar surface area (TPSA) is 48.2 Å². The number of halogens is 1. The summed E-state index contributed by atoms with van der Waals surface area (Å²) < 4.78 is 12.0. The predicted molar refractivity (Wildman–Crippen MR) is 67.2 cm³/mol. The molecular formula is C11H11IN2O2. The summed E-state index contributed by atoms with van der Waals surface area (Å²) >= 11 is 2.24. The van der Waals surface area contributed by atoms with Crippen molar-refractivity contribution in [1.82, 2.24) is 10.2 Å². The Kier molecular flexibility index (Phi) is 3.76. The molecule has 0 saturated heterocycles. The van der Waals surface area contributed by atoms with E-state index in [1.54, 1.807) is 0 Å². The van der Waals surface area contributed by atoms with E-state index in [1.165, 1.54) is 0 Å². The van der Waals surface area contributed by atoms with Crippen molar-refractivity contribution < 1.29 is 9.15 Å². The first-order chi connectivity index (χ1) is 7.78. The molecule has 0 radical (unpaired) electrons. The van der Waals surface area contributed by atoms with Gasteiger partial charge in [0, 0.05) is 9.99 Å². The van der Waals surface area contributed by atoms with E-state index < -0.39 is 0 Å². The summed E-state index contributed by atoms with van der Waals surface area (Å²) in [6.45, 7) is 2.28. The highest BCUT2D eigenvalue weighted by atomic mass is 127. The zero-order valence-electron chi connectivity index (χ0n) is 8.81. The van der Waals surface area contributed by atoms with Crippen molar-refractivity contribution in [3.8, 4) is 5.75 Å². The largest absolute Gasteiger partial charge is 0.484 e. The van der Waals surface area contributed by atoms with Crippen LogP contribution in [0.1, 0.15) is 18.7 Å². The van der Waals surface area contributed by atoms with Gasteiger partial charge in [-0.2, -0.15) is 0 Å². The number of aromatic nitrogens is 2. The van der Waals surface area contributed by atoms with Crippen LogP contribution in [0.2, 0.25) is 0 Å². The lowest BCUT2D eigenvalue weighted by Crippen LogP contribution is -1.95. The highest BCUT2D eigenvalue weighted by molar-refractivity contribution is 14.1. The van der Waals surface area contributed by atoms with Crippen molar-refractivity contribution in [3.05, 3.63) is 39.6 Å². The van der Waals surface area contributed by atoms with E-state index in [9.17, 15) is 0 Å².